The Morgan fingerprint density at radius 1 is 1.05 bits per heavy atom. The molecule has 0 bridgehead atoms. The molecule has 0 aliphatic rings. The van der Waals surface area contributed by atoms with Crippen LogP contribution >= 0.6 is 11.6 Å². The van der Waals surface area contributed by atoms with Crippen LogP contribution in [0.25, 0.3) is 0 Å². The first-order valence-corrected chi connectivity index (χ1v) is 5.84. The van der Waals surface area contributed by atoms with Gasteiger partial charge in [0, 0.05) is 17.7 Å². The fourth-order valence-corrected chi connectivity index (χ4v) is 1.78. The minimum atomic E-state index is -1.08. The van der Waals surface area contributed by atoms with Crippen molar-refractivity contribution in [3.05, 3.63) is 63.9 Å². The van der Waals surface area contributed by atoms with Crippen molar-refractivity contribution >= 4 is 17.4 Å². The van der Waals surface area contributed by atoms with E-state index in [1.807, 2.05) is 0 Å². The lowest BCUT2D eigenvalue weighted by atomic mass is 10.0. The number of rotatable bonds is 3. The van der Waals surface area contributed by atoms with E-state index in [9.17, 15) is 18.0 Å². The van der Waals surface area contributed by atoms with Crippen LogP contribution in [-0.4, -0.2) is 12.9 Å². The molecule has 0 unspecified atom stereocenters. The first-order valence-electron chi connectivity index (χ1n) is 5.47. The smallest absolute Gasteiger partial charge is 0.199 e. The Bertz CT molecular complexity index is 663. The van der Waals surface area contributed by atoms with E-state index in [2.05, 4.69) is 4.74 Å². The van der Waals surface area contributed by atoms with Crippen molar-refractivity contribution in [1.29, 1.82) is 0 Å². The molecule has 0 fully saturated rings. The van der Waals surface area contributed by atoms with Crippen LogP contribution in [0.3, 0.4) is 0 Å². The molecular weight excluding hydrogens is 293 g/mol. The second-order valence-corrected chi connectivity index (χ2v) is 4.33. The zero-order valence-electron chi connectivity index (χ0n) is 10.2. The monoisotopic (exact) mass is 300 g/mol. The summed E-state index contributed by atoms with van der Waals surface area (Å²) < 4.78 is 45.5. The number of hydrogen-bond donors (Lipinski definition) is 0. The molecule has 0 saturated heterocycles. The van der Waals surface area contributed by atoms with Gasteiger partial charge in [-0.1, -0.05) is 11.6 Å². The van der Waals surface area contributed by atoms with E-state index in [0.717, 1.165) is 24.3 Å². The van der Waals surface area contributed by atoms with Crippen molar-refractivity contribution < 1.29 is 22.7 Å². The third kappa shape index (κ3) is 2.63. The van der Waals surface area contributed by atoms with Gasteiger partial charge in [0.05, 0.1) is 17.7 Å². The summed E-state index contributed by atoms with van der Waals surface area (Å²) in [5, 5.41) is -0.183. The highest BCUT2D eigenvalue weighted by Gasteiger charge is 2.21. The van der Waals surface area contributed by atoms with E-state index < -0.39 is 28.8 Å². The van der Waals surface area contributed by atoms with Gasteiger partial charge < -0.3 is 4.74 Å². The molecule has 6 heteroatoms. The highest BCUT2D eigenvalue weighted by molar-refractivity contribution is 6.30. The lowest BCUT2D eigenvalue weighted by molar-refractivity contribution is 0.103. The minimum Gasteiger partial charge on any atom is -0.497 e. The van der Waals surface area contributed by atoms with Crippen molar-refractivity contribution in [3.8, 4) is 5.75 Å². The van der Waals surface area contributed by atoms with E-state index in [-0.39, 0.29) is 16.3 Å². The van der Waals surface area contributed by atoms with Gasteiger partial charge in [0.1, 0.15) is 23.2 Å². The minimum absolute atomic E-state index is 0.0566. The molecule has 0 radical (unpaired) electrons. The molecule has 0 aliphatic heterocycles. The van der Waals surface area contributed by atoms with Gasteiger partial charge in [0.25, 0.3) is 0 Å². The number of ketones is 1. The third-order valence-electron chi connectivity index (χ3n) is 2.66. The molecule has 0 N–H and O–H groups in total. The number of carbonyl (C=O) groups is 1. The zero-order chi connectivity index (χ0) is 14.9. The van der Waals surface area contributed by atoms with Gasteiger partial charge in [-0.2, -0.15) is 0 Å². The maximum Gasteiger partial charge on any atom is 0.199 e. The second kappa shape index (κ2) is 5.54. The number of benzene rings is 2. The molecule has 0 saturated carbocycles. The summed E-state index contributed by atoms with van der Waals surface area (Å²) in [6, 6.07) is 4.92. The van der Waals surface area contributed by atoms with Gasteiger partial charge in [-0.25, -0.2) is 13.2 Å². The standard InChI is InChI=1S/C14H8ClF3O2/c1-20-8-5-11(17)13(12(18)6-8)14(19)7-2-3-9(15)10(16)4-7/h2-6H,1H3. The summed E-state index contributed by atoms with van der Waals surface area (Å²) >= 11 is 5.48. The quantitative estimate of drug-likeness (QED) is 0.801. The number of methoxy groups -OCH3 is 1. The zero-order valence-corrected chi connectivity index (χ0v) is 11.0. The fraction of sp³-hybridized carbons (Fsp3) is 0.0714. The summed E-state index contributed by atoms with van der Waals surface area (Å²) in [6.45, 7) is 0. The Balaban J connectivity index is 2.50. The molecular formula is C14H8ClF3O2. The van der Waals surface area contributed by atoms with E-state index in [4.69, 9.17) is 11.6 Å². The predicted octanol–water partition coefficient (Wildman–Crippen LogP) is 4.00. The molecule has 104 valence electrons. The Hall–Kier alpha value is -2.01. The average molecular weight is 301 g/mol. The average Bonchev–Trinajstić information content (AvgIpc) is 2.40. The molecule has 2 nitrogen and oxygen atoms in total. The summed E-state index contributed by atoms with van der Waals surface area (Å²) in [5.74, 6) is -4.03. The highest BCUT2D eigenvalue weighted by Crippen LogP contribution is 2.24. The van der Waals surface area contributed by atoms with Gasteiger partial charge in [0.15, 0.2) is 5.78 Å². The van der Waals surface area contributed by atoms with E-state index in [0.29, 0.717) is 0 Å². The van der Waals surface area contributed by atoms with Crippen molar-refractivity contribution in [2.24, 2.45) is 0 Å². The lowest BCUT2D eigenvalue weighted by Crippen LogP contribution is -2.08. The second-order valence-electron chi connectivity index (χ2n) is 3.92. The number of ether oxygens (including phenoxy) is 1. The fourth-order valence-electron chi connectivity index (χ4n) is 1.67. The van der Waals surface area contributed by atoms with Crippen LogP contribution in [0.1, 0.15) is 15.9 Å². The first kappa shape index (κ1) is 14.4. The summed E-state index contributed by atoms with van der Waals surface area (Å²) in [5.41, 5.74) is -0.970. The summed E-state index contributed by atoms with van der Waals surface area (Å²) in [6.07, 6.45) is 0. The van der Waals surface area contributed by atoms with Crippen LogP contribution in [0.5, 0.6) is 5.75 Å². The molecule has 0 amide bonds. The van der Waals surface area contributed by atoms with Crippen LogP contribution < -0.4 is 4.74 Å². The normalized spacial score (nSPS) is 10.4. The molecule has 0 aromatic heterocycles. The first-order chi connectivity index (χ1) is 9.43. The van der Waals surface area contributed by atoms with Crippen LogP contribution in [-0.2, 0) is 0 Å². The van der Waals surface area contributed by atoms with Gasteiger partial charge in [-0.3, -0.25) is 4.79 Å². The van der Waals surface area contributed by atoms with Crippen molar-refractivity contribution in [1.82, 2.24) is 0 Å². The van der Waals surface area contributed by atoms with Gasteiger partial charge in [0.2, 0.25) is 0 Å². The maximum atomic E-state index is 13.8. The van der Waals surface area contributed by atoms with E-state index in [1.54, 1.807) is 0 Å². The molecule has 0 aliphatic carbocycles. The largest absolute Gasteiger partial charge is 0.497 e. The number of halogens is 4. The van der Waals surface area contributed by atoms with Gasteiger partial charge in [-0.05, 0) is 18.2 Å². The van der Waals surface area contributed by atoms with Crippen molar-refractivity contribution in [2.45, 2.75) is 0 Å². The van der Waals surface area contributed by atoms with Crippen LogP contribution in [0, 0.1) is 17.5 Å². The third-order valence-corrected chi connectivity index (χ3v) is 2.97. The molecule has 20 heavy (non-hydrogen) atoms. The van der Waals surface area contributed by atoms with E-state index in [1.165, 1.54) is 13.2 Å². The Labute approximate surface area is 117 Å². The van der Waals surface area contributed by atoms with Crippen LogP contribution in [0.15, 0.2) is 30.3 Å². The lowest BCUT2D eigenvalue weighted by Gasteiger charge is -2.07. The number of carbonyl (C=O) groups excluding carboxylic acids is 1. The molecule has 2 aromatic rings. The Morgan fingerprint density at radius 2 is 1.65 bits per heavy atom. The highest BCUT2D eigenvalue weighted by atomic mass is 35.5. The SMILES string of the molecule is COc1cc(F)c(C(=O)c2ccc(Cl)c(F)c2)c(F)c1. The van der Waals surface area contributed by atoms with Crippen molar-refractivity contribution in [2.75, 3.05) is 7.11 Å². The van der Waals surface area contributed by atoms with Crippen LogP contribution in [0.4, 0.5) is 13.2 Å². The topological polar surface area (TPSA) is 26.3 Å². The molecule has 0 atom stereocenters. The van der Waals surface area contributed by atoms with Gasteiger partial charge >= 0.3 is 0 Å². The van der Waals surface area contributed by atoms with Crippen molar-refractivity contribution in [3.63, 3.8) is 0 Å². The molecule has 2 aromatic carbocycles. The predicted molar refractivity (Wildman–Crippen MR) is 67.8 cm³/mol. The maximum absolute atomic E-state index is 13.8. The van der Waals surface area contributed by atoms with E-state index >= 15 is 0 Å². The Morgan fingerprint density at radius 3 is 2.15 bits per heavy atom. The van der Waals surface area contributed by atoms with Crippen LogP contribution in [0.2, 0.25) is 5.02 Å². The van der Waals surface area contributed by atoms with Gasteiger partial charge in [-0.15, -0.1) is 0 Å². The molecule has 0 heterocycles. The molecule has 0 spiro atoms. The number of hydrogen-bond acceptors (Lipinski definition) is 2. The molecule has 2 rings (SSSR count). The Kier molecular flexibility index (Phi) is 3.99. The summed E-state index contributed by atoms with van der Waals surface area (Å²) in [4.78, 5) is 12.0. The summed E-state index contributed by atoms with van der Waals surface area (Å²) in [7, 11) is 1.24.